The molecule has 32 heavy (non-hydrogen) atoms. The zero-order chi connectivity index (χ0) is 21.3. The first kappa shape index (κ1) is 23.5. The van der Waals surface area contributed by atoms with Gasteiger partial charge < -0.3 is 10.6 Å². The predicted octanol–water partition coefficient (Wildman–Crippen LogP) is 3.66. The molecule has 0 aliphatic carbocycles. The molecule has 0 radical (unpaired) electrons. The lowest BCUT2D eigenvalue weighted by atomic mass is 10.1. The second-order valence-electron chi connectivity index (χ2n) is 7.22. The summed E-state index contributed by atoms with van der Waals surface area (Å²) in [5, 5.41) is 15.5. The number of nitrogens with one attached hydrogen (secondary N) is 2. The fourth-order valence-electron chi connectivity index (χ4n) is 3.48. The molecule has 166 valence electrons. The lowest BCUT2D eigenvalue weighted by Crippen LogP contribution is -2.36. The number of hydrogen-bond donors (Lipinski definition) is 2. The Morgan fingerprint density at radius 1 is 0.719 bits per heavy atom. The first-order chi connectivity index (χ1) is 15.3. The summed E-state index contributed by atoms with van der Waals surface area (Å²) >= 11 is 0. The van der Waals surface area contributed by atoms with Gasteiger partial charge in [-0.15, -0.1) is 24.0 Å². The van der Waals surface area contributed by atoms with Gasteiger partial charge in [0, 0.05) is 44.9 Å². The number of aromatic nitrogens is 4. The van der Waals surface area contributed by atoms with Gasteiger partial charge in [-0.1, -0.05) is 48.5 Å². The summed E-state index contributed by atoms with van der Waals surface area (Å²) in [6.07, 6.45) is 7.56. The number of aliphatic imine (C=N–C) groups is 1. The van der Waals surface area contributed by atoms with Crippen LogP contribution in [0.3, 0.4) is 0 Å². The lowest BCUT2D eigenvalue weighted by molar-refractivity contribution is 0.674. The second-order valence-corrected chi connectivity index (χ2v) is 7.22. The monoisotopic (exact) mass is 541 g/mol. The normalized spacial score (nSPS) is 10.3. The minimum atomic E-state index is 0. The van der Waals surface area contributed by atoms with Gasteiger partial charge in [-0.3, -0.25) is 14.4 Å². The van der Waals surface area contributed by atoms with Crippen molar-refractivity contribution in [3.8, 4) is 0 Å². The fourth-order valence-corrected chi connectivity index (χ4v) is 3.48. The second kappa shape index (κ2) is 12.0. The Morgan fingerprint density at radius 2 is 1.16 bits per heavy atom. The molecule has 0 unspecified atom stereocenters. The van der Waals surface area contributed by atoms with Crippen LogP contribution in [0.25, 0.3) is 0 Å². The maximum absolute atomic E-state index is 4.39. The van der Waals surface area contributed by atoms with E-state index < -0.39 is 0 Å². The van der Waals surface area contributed by atoms with Gasteiger partial charge in [-0.25, -0.2) is 0 Å². The summed E-state index contributed by atoms with van der Waals surface area (Å²) < 4.78 is 3.87. The van der Waals surface area contributed by atoms with Crippen molar-refractivity contribution in [3.63, 3.8) is 0 Å². The van der Waals surface area contributed by atoms with Crippen molar-refractivity contribution in [2.45, 2.75) is 26.2 Å². The van der Waals surface area contributed by atoms with Crippen molar-refractivity contribution in [1.29, 1.82) is 0 Å². The molecule has 0 aliphatic rings. The Hall–Kier alpha value is -3.14. The van der Waals surface area contributed by atoms with Gasteiger partial charge in [0.2, 0.25) is 0 Å². The molecule has 4 rings (SSSR count). The fraction of sp³-hybridized carbons (Fsp3) is 0.208. The van der Waals surface area contributed by atoms with Gasteiger partial charge in [0.15, 0.2) is 5.96 Å². The molecule has 4 aromatic rings. The minimum Gasteiger partial charge on any atom is -0.352 e. The lowest BCUT2D eigenvalue weighted by Gasteiger charge is -2.16. The third-order valence-electron chi connectivity index (χ3n) is 5.14. The molecule has 0 atom stereocenters. The Balaban J connectivity index is 0.00000289. The summed E-state index contributed by atoms with van der Waals surface area (Å²) in [6, 6.07) is 20.7. The van der Waals surface area contributed by atoms with Crippen molar-refractivity contribution < 1.29 is 0 Å². The Bertz CT molecular complexity index is 1020. The van der Waals surface area contributed by atoms with Crippen LogP contribution in [-0.2, 0) is 26.2 Å². The van der Waals surface area contributed by atoms with Crippen LogP contribution in [0.2, 0.25) is 0 Å². The van der Waals surface area contributed by atoms with Crippen LogP contribution in [0, 0.1) is 0 Å². The zero-order valence-corrected chi connectivity index (χ0v) is 20.4. The molecule has 7 nitrogen and oxygen atoms in total. The average molecular weight is 541 g/mol. The van der Waals surface area contributed by atoms with Gasteiger partial charge >= 0.3 is 0 Å². The summed E-state index contributed by atoms with van der Waals surface area (Å²) in [5.74, 6) is 0.766. The molecule has 0 bridgehead atoms. The molecule has 0 fully saturated rings. The van der Waals surface area contributed by atoms with Gasteiger partial charge in [0.1, 0.15) is 0 Å². The number of hydrogen-bond acceptors (Lipinski definition) is 3. The predicted molar refractivity (Wildman–Crippen MR) is 138 cm³/mol. The van der Waals surface area contributed by atoms with Gasteiger partial charge in [0.25, 0.3) is 0 Å². The van der Waals surface area contributed by atoms with E-state index in [2.05, 4.69) is 74.4 Å². The molecule has 8 heteroatoms. The SMILES string of the molecule is CN=C(NCc1ccccc1Cn1cccn1)NCc1ccccc1Cn1cccn1.I. The molecule has 0 saturated carbocycles. The van der Waals surface area contributed by atoms with E-state index in [4.69, 9.17) is 0 Å². The van der Waals surface area contributed by atoms with E-state index in [0.717, 1.165) is 19.0 Å². The van der Waals surface area contributed by atoms with E-state index in [-0.39, 0.29) is 24.0 Å². The quantitative estimate of drug-likeness (QED) is 0.203. The summed E-state index contributed by atoms with van der Waals surface area (Å²) in [5.41, 5.74) is 4.91. The van der Waals surface area contributed by atoms with E-state index in [9.17, 15) is 0 Å². The molecule has 2 N–H and O–H groups in total. The van der Waals surface area contributed by atoms with Crippen LogP contribution in [-0.4, -0.2) is 32.6 Å². The molecule has 2 heterocycles. The van der Waals surface area contributed by atoms with E-state index in [1.807, 2.05) is 33.9 Å². The maximum atomic E-state index is 4.39. The first-order valence-electron chi connectivity index (χ1n) is 10.3. The van der Waals surface area contributed by atoms with Crippen LogP contribution in [0.15, 0.2) is 90.4 Å². The third kappa shape index (κ3) is 6.43. The number of halogens is 1. The minimum absolute atomic E-state index is 0. The average Bonchev–Trinajstić information content (AvgIpc) is 3.50. The van der Waals surface area contributed by atoms with E-state index in [1.165, 1.54) is 22.3 Å². The number of nitrogens with zero attached hydrogens (tertiary/aromatic N) is 5. The van der Waals surface area contributed by atoms with Crippen LogP contribution < -0.4 is 10.6 Å². The van der Waals surface area contributed by atoms with Crippen molar-refractivity contribution >= 4 is 29.9 Å². The zero-order valence-electron chi connectivity index (χ0n) is 18.1. The molecular weight excluding hydrogens is 513 g/mol. The van der Waals surface area contributed by atoms with Gasteiger partial charge in [0.05, 0.1) is 13.1 Å². The topological polar surface area (TPSA) is 72.1 Å². The largest absolute Gasteiger partial charge is 0.352 e. The standard InChI is InChI=1S/C24H27N7.HI/c1-25-24(26-16-20-8-2-4-10-22(20)18-30-14-6-12-28-30)27-17-21-9-3-5-11-23(21)19-31-15-7-13-29-31;/h2-15H,16-19H2,1H3,(H2,25,26,27);1H. The molecule has 0 aliphatic heterocycles. The van der Waals surface area contributed by atoms with Crippen molar-refractivity contribution in [2.75, 3.05) is 7.05 Å². The highest BCUT2D eigenvalue weighted by Gasteiger charge is 2.07. The number of benzene rings is 2. The van der Waals surface area contributed by atoms with Crippen molar-refractivity contribution in [3.05, 3.63) is 108 Å². The third-order valence-corrected chi connectivity index (χ3v) is 5.14. The summed E-state index contributed by atoms with van der Waals surface area (Å²) in [7, 11) is 1.79. The summed E-state index contributed by atoms with van der Waals surface area (Å²) in [4.78, 5) is 4.39. The van der Waals surface area contributed by atoms with Crippen molar-refractivity contribution in [2.24, 2.45) is 4.99 Å². The summed E-state index contributed by atoms with van der Waals surface area (Å²) in [6.45, 7) is 2.87. The van der Waals surface area contributed by atoms with Gasteiger partial charge in [-0.05, 0) is 34.4 Å². The first-order valence-corrected chi connectivity index (χ1v) is 10.3. The highest BCUT2D eigenvalue weighted by Crippen LogP contribution is 2.12. The molecule has 2 aromatic carbocycles. The highest BCUT2D eigenvalue weighted by atomic mass is 127. The van der Waals surface area contributed by atoms with Crippen molar-refractivity contribution in [1.82, 2.24) is 30.2 Å². The maximum Gasteiger partial charge on any atom is 0.191 e. The number of rotatable bonds is 8. The van der Waals surface area contributed by atoms with E-state index in [1.54, 1.807) is 19.4 Å². The molecule has 0 saturated heterocycles. The molecule has 0 spiro atoms. The van der Waals surface area contributed by atoms with E-state index >= 15 is 0 Å². The number of guanidine groups is 1. The Kier molecular flexibility index (Phi) is 8.85. The van der Waals surface area contributed by atoms with Gasteiger partial charge in [-0.2, -0.15) is 10.2 Å². The van der Waals surface area contributed by atoms with Crippen LogP contribution >= 0.6 is 24.0 Å². The van der Waals surface area contributed by atoms with Crippen LogP contribution in [0.5, 0.6) is 0 Å². The van der Waals surface area contributed by atoms with Crippen LogP contribution in [0.4, 0.5) is 0 Å². The van der Waals surface area contributed by atoms with Crippen LogP contribution in [0.1, 0.15) is 22.3 Å². The molecular formula is C24H28IN7. The highest BCUT2D eigenvalue weighted by molar-refractivity contribution is 14.0. The Labute approximate surface area is 205 Å². The van der Waals surface area contributed by atoms with E-state index in [0.29, 0.717) is 13.1 Å². The Morgan fingerprint density at radius 3 is 1.53 bits per heavy atom. The smallest absolute Gasteiger partial charge is 0.191 e. The molecule has 2 aromatic heterocycles. The molecule has 0 amide bonds.